The molecule has 1 N–H and O–H groups in total. The van der Waals surface area contributed by atoms with Crippen molar-refractivity contribution in [1.29, 1.82) is 0 Å². The Morgan fingerprint density at radius 1 is 0.889 bits per heavy atom. The molecule has 1 atom stereocenters. The summed E-state index contributed by atoms with van der Waals surface area (Å²) in [7, 11) is 0. The molecule has 0 amide bonds. The van der Waals surface area contributed by atoms with Crippen LogP contribution in [0.3, 0.4) is 0 Å². The Balaban J connectivity index is 2.12. The largest absolute Gasteiger partial charge is 0.755 e. The number of rotatable bonds is 2. The first-order valence-corrected chi connectivity index (χ1v) is 6.34. The fraction of sp³-hybridized carbons (Fsp3) is 0. The molecule has 0 saturated heterocycles. The quantitative estimate of drug-likeness (QED) is 0.662. The average Bonchev–Trinajstić information content (AvgIpc) is 2.38. The first-order chi connectivity index (χ1) is 8.74. The fourth-order valence-electron chi connectivity index (χ4n) is 1.38. The summed E-state index contributed by atoms with van der Waals surface area (Å²) in [4.78, 5) is 0. The molecule has 18 heavy (non-hydrogen) atoms. The lowest BCUT2D eigenvalue weighted by Gasteiger charge is -2.07. The van der Waals surface area contributed by atoms with E-state index in [9.17, 15) is 8.76 Å². The zero-order valence-corrected chi connectivity index (χ0v) is 10.2. The van der Waals surface area contributed by atoms with E-state index in [4.69, 9.17) is 0 Å². The predicted octanol–water partition coefficient (Wildman–Crippen LogP) is 2.29. The van der Waals surface area contributed by atoms with Crippen molar-refractivity contribution in [3.05, 3.63) is 65.7 Å². The van der Waals surface area contributed by atoms with Crippen LogP contribution in [-0.4, -0.2) is 8.76 Å². The van der Waals surface area contributed by atoms with Crippen molar-refractivity contribution >= 4 is 17.0 Å². The van der Waals surface area contributed by atoms with E-state index in [1.54, 1.807) is 24.3 Å². The molecule has 0 saturated carbocycles. The molecule has 0 aromatic heterocycles. The summed E-state index contributed by atoms with van der Waals surface area (Å²) in [5, 5.41) is 0. The first kappa shape index (κ1) is 12.4. The minimum absolute atomic E-state index is 0.522. The van der Waals surface area contributed by atoms with Crippen LogP contribution in [0.5, 0.6) is 0 Å². The van der Waals surface area contributed by atoms with E-state index >= 15 is 0 Å². The zero-order chi connectivity index (χ0) is 12.8. The molecule has 0 aliphatic rings. The molecule has 0 bridgehead atoms. The highest BCUT2D eigenvalue weighted by atomic mass is 32.2. The Morgan fingerprint density at radius 2 is 1.44 bits per heavy atom. The van der Waals surface area contributed by atoms with Crippen LogP contribution < -0.4 is 4.72 Å². The second-order valence-electron chi connectivity index (χ2n) is 3.53. The average molecular weight is 256 g/mol. The van der Waals surface area contributed by atoms with Crippen LogP contribution in [0.25, 0.3) is 0 Å². The van der Waals surface area contributed by atoms with Gasteiger partial charge in [-0.25, -0.2) is 0 Å². The Bertz CT molecular complexity index is 597. The summed E-state index contributed by atoms with van der Waals surface area (Å²) >= 11 is -2.29. The van der Waals surface area contributed by atoms with E-state index < -0.39 is 11.3 Å². The number of nitrogens with one attached hydrogen (secondary N) is 1. The molecular weight excluding hydrogens is 246 g/mol. The molecule has 4 heteroatoms. The van der Waals surface area contributed by atoms with Crippen LogP contribution in [0.4, 0.5) is 5.69 Å². The molecule has 0 radical (unpaired) electrons. The molecule has 0 fully saturated rings. The molecular formula is C14H10NO2S-. The predicted molar refractivity (Wildman–Crippen MR) is 71.4 cm³/mol. The van der Waals surface area contributed by atoms with E-state index in [0.29, 0.717) is 5.69 Å². The first-order valence-electron chi connectivity index (χ1n) is 5.27. The molecule has 0 heterocycles. The van der Waals surface area contributed by atoms with Crippen LogP contribution in [0.1, 0.15) is 11.1 Å². The van der Waals surface area contributed by atoms with E-state index in [1.165, 1.54) is 0 Å². The minimum atomic E-state index is -2.29. The van der Waals surface area contributed by atoms with Crippen molar-refractivity contribution in [1.82, 2.24) is 0 Å². The summed E-state index contributed by atoms with van der Waals surface area (Å²) in [5.74, 6) is 6.04. The van der Waals surface area contributed by atoms with Crippen LogP contribution >= 0.6 is 0 Å². The van der Waals surface area contributed by atoms with E-state index in [0.717, 1.165) is 11.1 Å². The summed E-state index contributed by atoms with van der Waals surface area (Å²) in [6, 6.07) is 16.6. The lowest BCUT2D eigenvalue weighted by atomic mass is 10.2. The van der Waals surface area contributed by atoms with Gasteiger partial charge in [0.15, 0.2) is 0 Å². The number of anilines is 1. The lowest BCUT2D eigenvalue weighted by Crippen LogP contribution is -2.01. The van der Waals surface area contributed by atoms with Gasteiger partial charge in [0.25, 0.3) is 0 Å². The van der Waals surface area contributed by atoms with Crippen LogP contribution in [0.2, 0.25) is 0 Å². The second kappa shape index (κ2) is 6.01. The Kier molecular flexibility index (Phi) is 4.13. The van der Waals surface area contributed by atoms with Crippen molar-refractivity contribution in [2.75, 3.05) is 4.72 Å². The highest BCUT2D eigenvalue weighted by Gasteiger charge is 1.91. The molecule has 0 spiro atoms. The molecule has 90 valence electrons. The normalized spacial score (nSPS) is 11.2. The van der Waals surface area contributed by atoms with Gasteiger partial charge in [-0.3, -0.25) is 4.21 Å². The molecule has 3 nitrogen and oxygen atoms in total. The van der Waals surface area contributed by atoms with Crippen molar-refractivity contribution in [3.8, 4) is 11.8 Å². The van der Waals surface area contributed by atoms with Crippen molar-refractivity contribution in [3.63, 3.8) is 0 Å². The third-order valence-electron chi connectivity index (χ3n) is 2.21. The number of hydrogen-bond acceptors (Lipinski definition) is 2. The van der Waals surface area contributed by atoms with Crippen molar-refractivity contribution in [2.45, 2.75) is 0 Å². The fourth-order valence-corrected chi connectivity index (χ4v) is 1.71. The third kappa shape index (κ3) is 3.74. The molecule has 0 aliphatic heterocycles. The third-order valence-corrected chi connectivity index (χ3v) is 2.61. The summed E-state index contributed by atoms with van der Waals surface area (Å²) in [6.45, 7) is 0. The maximum atomic E-state index is 10.4. The lowest BCUT2D eigenvalue weighted by molar-refractivity contribution is 0.542. The van der Waals surface area contributed by atoms with Gasteiger partial charge in [0.05, 0.1) is 0 Å². The van der Waals surface area contributed by atoms with Crippen LogP contribution in [-0.2, 0) is 11.3 Å². The van der Waals surface area contributed by atoms with Gasteiger partial charge in [0.2, 0.25) is 0 Å². The molecule has 2 aromatic carbocycles. The molecule has 1 unspecified atom stereocenters. The van der Waals surface area contributed by atoms with Crippen molar-refractivity contribution < 1.29 is 8.76 Å². The van der Waals surface area contributed by atoms with E-state index in [1.807, 2.05) is 30.3 Å². The minimum Gasteiger partial charge on any atom is -0.755 e. The van der Waals surface area contributed by atoms with Gasteiger partial charge in [-0.1, -0.05) is 30.0 Å². The standard InChI is InChI=1S/C14H11NO2S/c16-18(17)15-14-10-8-13(9-11-14)7-6-12-4-2-1-3-5-12/h1-5,8-11,15H,(H,16,17)/p-1. The highest BCUT2D eigenvalue weighted by molar-refractivity contribution is 7.80. The zero-order valence-electron chi connectivity index (χ0n) is 9.42. The van der Waals surface area contributed by atoms with Crippen LogP contribution in [0, 0.1) is 11.8 Å². The molecule has 2 rings (SSSR count). The van der Waals surface area contributed by atoms with Crippen LogP contribution in [0.15, 0.2) is 54.6 Å². The highest BCUT2D eigenvalue weighted by Crippen LogP contribution is 2.09. The van der Waals surface area contributed by atoms with Gasteiger partial charge in [0.1, 0.15) is 0 Å². The second-order valence-corrected chi connectivity index (χ2v) is 4.20. The molecule has 2 aromatic rings. The Labute approximate surface area is 108 Å². The van der Waals surface area contributed by atoms with Gasteiger partial charge >= 0.3 is 0 Å². The molecule has 0 aliphatic carbocycles. The Hall–Kier alpha value is -2.09. The summed E-state index contributed by atoms with van der Waals surface area (Å²) in [6.07, 6.45) is 0. The van der Waals surface area contributed by atoms with Gasteiger partial charge in [-0.2, -0.15) is 0 Å². The SMILES string of the molecule is O=S([O-])Nc1ccc(C#Cc2ccccc2)cc1. The maximum Gasteiger partial charge on any atom is 0.0453 e. The van der Waals surface area contributed by atoms with Gasteiger partial charge in [-0.05, 0) is 36.4 Å². The smallest absolute Gasteiger partial charge is 0.0453 e. The van der Waals surface area contributed by atoms with Gasteiger partial charge in [0, 0.05) is 28.1 Å². The van der Waals surface area contributed by atoms with Gasteiger partial charge < -0.3 is 9.27 Å². The topological polar surface area (TPSA) is 52.2 Å². The monoisotopic (exact) mass is 256 g/mol. The number of hydrogen-bond donors (Lipinski definition) is 1. The van der Waals surface area contributed by atoms with E-state index in [-0.39, 0.29) is 0 Å². The van der Waals surface area contributed by atoms with Gasteiger partial charge in [-0.15, -0.1) is 0 Å². The number of benzene rings is 2. The maximum absolute atomic E-state index is 10.4. The van der Waals surface area contributed by atoms with E-state index in [2.05, 4.69) is 16.6 Å². The summed E-state index contributed by atoms with van der Waals surface area (Å²) < 4.78 is 23.1. The Morgan fingerprint density at radius 3 is 2.00 bits per heavy atom. The summed E-state index contributed by atoms with van der Waals surface area (Å²) in [5.41, 5.74) is 2.30. The van der Waals surface area contributed by atoms with Crippen molar-refractivity contribution in [2.24, 2.45) is 0 Å².